The quantitative estimate of drug-likeness (QED) is 0.796. The largest absolute Gasteiger partial charge is 0.481 e. The van der Waals surface area contributed by atoms with Crippen molar-refractivity contribution in [2.75, 3.05) is 0 Å². The van der Waals surface area contributed by atoms with Crippen molar-refractivity contribution in [3.63, 3.8) is 0 Å². The number of rotatable bonds is 6. The van der Waals surface area contributed by atoms with Crippen molar-refractivity contribution in [3.05, 3.63) is 39.9 Å². The highest BCUT2D eigenvalue weighted by Crippen LogP contribution is 2.22. The Balaban J connectivity index is 1.96. The Morgan fingerprint density at radius 2 is 1.96 bits per heavy atom. The molecule has 0 radical (unpaired) electrons. The first kappa shape index (κ1) is 20.0. The molecule has 1 aromatic carbocycles. The van der Waals surface area contributed by atoms with E-state index in [1.807, 2.05) is 13.8 Å². The van der Waals surface area contributed by atoms with E-state index in [1.54, 1.807) is 22.8 Å². The van der Waals surface area contributed by atoms with Crippen LogP contribution in [0.4, 0.5) is 0 Å². The lowest BCUT2D eigenvalue weighted by atomic mass is 9.88. The van der Waals surface area contributed by atoms with Crippen molar-refractivity contribution in [1.29, 1.82) is 0 Å². The number of aryl methyl sites for hydroxylation is 1. The summed E-state index contributed by atoms with van der Waals surface area (Å²) in [6.07, 6.45) is 4.71. The van der Waals surface area contributed by atoms with E-state index in [2.05, 4.69) is 10.3 Å². The summed E-state index contributed by atoms with van der Waals surface area (Å²) in [7, 11) is 0. The van der Waals surface area contributed by atoms with Crippen LogP contribution in [0, 0.1) is 0 Å². The maximum atomic E-state index is 12.8. The molecule has 7 heteroatoms. The molecule has 0 aliphatic carbocycles. The van der Waals surface area contributed by atoms with Gasteiger partial charge in [-0.05, 0) is 43.9 Å². The molecule has 0 saturated heterocycles. The summed E-state index contributed by atoms with van der Waals surface area (Å²) in [5.74, 6) is -0.515. The number of nitrogens with zero attached hydrogens (tertiary/aromatic N) is 2. The predicted octanol–water partition coefficient (Wildman–Crippen LogP) is 2.89. The first-order valence-corrected chi connectivity index (χ1v) is 9.97. The minimum absolute atomic E-state index is 0.0591. The van der Waals surface area contributed by atoms with Crippen LogP contribution < -0.4 is 10.9 Å². The minimum atomic E-state index is -0.945. The van der Waals surface area contributed by atoms with E-state index >= 15 is 0 Å². The van der Waals surface area contributed by atoms with Crippen LogP contribution in [0.2, 0.25) is 0 Å². The van der Waals surface area contributed by atoms with Crippen molar-refractivity contribution in [3.8, 4) is 0 Å². The van der Waals surface area contributed by atoms with E-state index < -0.39 is 11.5 Å². The third-order valence-corrected chi connectivity index (χ3v) is 5.80. The first-order chi connectivity index (χ1) is 13.4. The highest BCUT2D eigenvalue weighted by Gasteiger charge is 2.31. The van der Waals surface area contributed by atoms with Gasteiger partial charge >= 0.3 is 5.97 Å². The van der Waals surface area contributed by atoms with Gasteiger partial charge in [0.2, 0.25) is 0 Å². The normalized spacial score (nSPS) is 14.4. The molecule has 1 aliphatic heterocycles. The molecule has 7 nitrogen and oxygen atoms in total. The van der Waals surface area contributed by atoms with E-state index in [4.69, 9.17) is 0 Å². The second kappa shape index (κ2) is 8.12. The number of amides is 1. The maximum absolute atomic E-state index is 12.8. The van der Waals surface area contributed by atoms with E-state index in [0.717, 1.165) is 31.5 Å². The number of carbonyl (C=O) groups excluding carboxylic acids is 1. The van der Waals surface area contributed by atoms with Crippen LogP contribution in [0.3, 0.4) is 0 Å². The molecular weight excluding hydrogens is 358 g/mol. The van der Waals surface area contributed by atoms with Gasteiger partial charge in [-0.1, -0.05) is 20.3 Å². The molecule has 0 bridgehead atoms. The van der Waals surface area contributed by atoms with Crippen molar-refractivity contribution >= 4 is 22.8 Å². The van der Waals surface area contributed by atoms with E-state index in [1.165, 1.54) is 0 Å². The number of nitrogens with one attached hydrogen (secondary N) is 1. The fraction of sp³-hybridized carbons (Fsp3) is 0.524. The Morgan fingerprint density at radius 3 is 2.64 bits per heavy atom. The highest BCUT2D eigenvalue weighted by atomic mass is 16.4. The van der Waals surface area contributed by atoms with E-state index in [9.17, 15) is 19.5 Å². The van der Waals surface area contributed by atoms with Crippen molar-refractivity contribution in [1.82, 2.24) is 14.9 Å². The van der Waals surface area contributed by atoms with Crippen molar-refractivity contribution in [2.24, 2.45) is 0 Å². The summed E-state index contributed by atoms with van der Waals surface area (Å²) < 4.78 is 1.75. The average Bonchev–Trinajstić information content (AvgIpc) is 2.92. The number of carbonyl (C=O) groups is 2. The molecule has 1 aliphatic rings. The Labute approximate surface area is 163 Å². The zero-order valence-corrected chi connectivity index (χ0v) is 16.5. The molecule has 0 saturated carbocycles. The van der Waals surface area contributed by atoms with Gasteiger partial charge in [-0.25, -0.2) is 4.98 Å². The van der Waals surface area contributed by atoms with Gasteiger partial charge in [0.1, 0.15) is 5.82 Å². The van der Waals surface area contributed by atoms with Gasteiger partial charge in [0, 0.05) is 18.5 Å². The number of carboxylic acids is 1. The van der Waals surface area contributed by atoms with Crippen LogP contribution >= 0.6 is 0 Å². The first-order valence-electron chi connectivity index (χ1n) is 9.97. The Kier molecular flexibility index (Phi) is 5.82. The van der Waals surface area contributed by atoms with Gasteiger partial charge in [0.05, 0.1) is 22.9 Å². The topological polar surface area (TPSA) is 101 Å². The molecule has 28 heavy (non-hydrogen) atoms. The summed E-state index contributed by atoms with van der Waals surface area (Å²) in [6, 6.07) is 4.89. The number of hydrogen-bond acceptors (Lipinski definition) is 4. The number of fused-ring (bicyclic) bond motifs is 2. The zero-order valence-electron chi connectivity index (χ0n) is 16.5. The molecule has 2 N–H and O–H groups in total. The predicted molar refractivity (Wildman–Crippen MR) is 107 cm³/mol. The summed E-state index contributed by atoms with van der Waals surface area (Å²) in [5.41, 5.74) is 0.0481. The van der Waals surface area contributed by atoms with Crippen LogP contribution in [0.15, 0.2) is 23.0 Å². The number of aliphatic carboxylic acids is 1. The SMILES string of the molecule is CCC(CC)(CC(=O)O)NC(=O)c1ccc2c(=O)n3c(nc2c1)CCCCC3. The minimum Gasteiger partial charge on any atom is -0.481 e. The molecule has 2 aromatic rings. The summed E-state index contributed by atoms with van der Waals surface area (Å²) in [5, 5.41) is 12.6. The zero-order chi connectivity index (χ0) is 20.3. The lowest BCUT2D eigenvalue weighted by molar-refractivity contribution is -0.138. The van der Waals surface area contributed by atoms with Gasteiger partial charge in [-0.2, -0.15) is 0 Å². The highest BCUT2D eigenvalue weighted by molar-refractivity contribution is 5.98. The van der Waals surface area contributed by atoms with Gasteiger partial charge < -0.3 is 10.4 Å². The van der Waals surface area contributed by atoms with Crippen molar-refractivity contribution < 1.29 is 14.7 Å². The Morgan fingerprint density at radius 1 is 1.21 bits per heavy atom. The number of hydrogen-bond donors (Lipinski definition) is 2. The van der Waals surface area contributed by atoms with Gasteiger partial charge in [-0.15, -0.1) is 0 Å². The number of benzene rings is 1. The summed E-state index contributed by atoms with van der Waals surface area (Å²) in [6.45, 7) is 4.42. The fourth-order valence-corrected chi connectivity index (χ4v) is 3.88. The number of aromatic nitrogens is 2. The lowest BCUT2D eigenvalue weighted by Crippen LogP contribution is -2.49. The van der Waals surface area contributed by atoms with E-state index in [-0.39, 0.29) is 17.9 Å². The van der Waals surface area contributed by atoms with Crippen LogP contribution in [0.1, 0.15) is 68.6 Å². The maximum Gasteiger partial charge on any atom is 0.305 e. The lowest BCUT2D eigenvalue weighted by Gasteiger charge is -2.31. The monoisotopic (exact) mass is 385 g/mol. The molecular formula is C21H27N3O4. The summed E-state index contributed by atoms with van der Waals surface area (Å²) in [4.78, 5) is 41.5. The molecule has 150 valence electrons. The third kappa shape index (κ3) is 3.93. The third-order valence-electron chi connectivity index (χ3n) is 5.80. The molecule has 0 spiro atoms. The fourth-order valence-electron chi connectivity index (χ4n) is 3.88. The molecule has 3 rings (SSSR count). The summed E-state index contributed by atoms with van der Waals surface area (Å²) >= 11 is 0. The molecule has 0 unspecified atom stereocenters. The van der Waals surface area contributed by atoms with Gasteiger partial charge in [0.15, 0.2) is 0 Å². The standard InChI is InChI=1S/C21H27N3O4/c1-3-21(4-2,13-18(25)26)23-19(27)14-9-10-15-16(12-14)22-17-8-6-5-7-11-24(17)20(15)28/h9-10,12H,3-8,11,13H2,1-2H3,(H,23,27)(H,25,26). The van der Waals surface area contributed by atoms with Crippen LogP contribution in [-0.2, 0) is 17.8 Å². The number of carboxylic acid groups (broad SMARTS) is 1. The molecule has 0 atom stereocenters. The van der Waals surface area contributed by atoms with E-state index in [0.29, 0.717) is 35.9 Å². The van der Waals surface area contributed by atoms with Gasteiger partial charge in [0.25, 0.3) is 11.5 Å². The second-order valence-electron chi connectivity index (χ2n) is 7.54. The Bertz CT molecular complexity index is 960. The van der Waals surface area contributed by atoms with Crippen molar-refractivity contribution in [2.45, 2.75) is 70.9 Å². The molecule has 1 aromatic heterocycles. The van der Waals surface area contributed by atoms with Crippen LogP contribution in [0.25, 0.3) is 10.9 Å². The molecule has 2 heterocycles. The van der Waals surface area contributed by atoms with Crippen LogP contribution in [-0.4, -0.2) is 32.1 Å². The molecule has 0 fully saturated rings. The molecule has 1 amide bonds. The Hall–Kier alpha value is -2.70. The second-order valence-corrected chi connectivity index (χ2v) is 7.54. The smallest absolute Gasteiger partial charge is 0.305 e. The van der Waals surface area contributed by atoms with Crippen LogP contribution in [0.5, 0.6) is 0 Å². The van der Waals surface area contributed by atoms with Gasteiger partial charge in [-0.3, -0.25) is 19.0 Å². The average molecular weight is 385 g/mol.